The van der Waals surface area contributed by atoms with Gasteiger partial charge in [-0.2, -0.15) is 0 Å². The lowest BCUT2D eigenvalue weighted by Gasteiger charge is -2.26. The van der Waals surface area contributed by atoms with Crippen molar-refractivity contribution in [3.63, 3.8) is 0 Å². The molecule has 22 heavy (non-hydrogen) atoms. The van der Waals surface area contributed by atoms with Crippen molar-refractivity contribution >= 4 is 0 Å². The van der Waals surface area contributed by atoms with Crippen molar-refractivity contribution in [3.8, 4) is 0 Å². The first-order valence-electron chi connectivity index (χ1n) is 8.20. The van der Waals surface area contributed by atoms with Crippen LogP contribution in [0.25, 0.3) is 0 Å². The Morgan fingerprint density at radius 1 is 1.27 bits per heavy atom. The highest BCUT2D eigenvalue weighted by Crippen LogP contribution is 2.38. The average Bonchev–Trinajstić information content (AvgIpc) is 3.26. The summed E-state index contributed by atoms with van der Waals surface area (Å²) in [6.45, 7) is 1.78. The van der Waals surface area contributed by atoms with Crippen LogP contribution in [0.3, 0.4) is 0 Å². The molecule has 2 aliphatic carbocycles. The predicted octanol–water partition coefficient (Wildman–Crippen LogP) is 2.96. The van der Waals surface area contributed by atoms with E-state index in [-0.39, 0.29) is 5.82 Å². The van der Waals surface area contributed by atoms with E-state index in [2.05, 4.69) is 20.1 Å². The minimum Gasteiger partial charge on any atom is -0.316 e. The summed E-state index contributed by atoms with van der Waals surface area (Å²) in [7, 11) is 0. The minimum atomic E-state index is -0.127. The molecule has 2 aromatic rings. The molecule has 2 aliphatic rings. The Bertz CT molecular complexity index is 662. The van der Waals surface area contributed by atoms with Gasteiger partial charge in [0.05, 0.1) is 0 Å². The van der Waals surface area contributed by atoms with Crippen LogP contribution in [0.2, 0.25) is 0 Å². The summed E-state index contributed by atoms with van der Waals surface area (Å²) in [5.74, 6) is 1.63. The van der Waals surface area contributed by atoms with E-state index in [1.165, 1.54) is 18.4 Å². The summed E-state index contributed by atoms with van der Waals surface area (Å²) < 4.78 is 15.5. The van der Waals surface area contributed by atoms with Crippen molar-refractivity contribution in [1.29, 1.82) is 0 Å². The van der Waals surface area contributed by atoms with Crippen LogP contribution < -0.4 is 5.32 Å². The molecule has 1 heterocycles. The van der Waals surface area contributed by atoms with Crippen LogP contribution in [-0.4, -0.2) is 21.3 Å². The predicted molar refractivity (Wildman–Crippen MR) is 82.1 cm³/mol. The lowest BCUT2D eigenvalue weighted by atomic mass is 9.87. The number of rotatable bonds is 5. The van der Waals surface area contributed by atoms with Gasteiger partial charge in [0.1, 0.15) is 18.0 Å². The van der Waals surface area contributed by atoms with Crippen LogP contribution in [0, 0.1) is 5.82 Å². The second-order valence-electron chi connectivity index (χ2n) is 6.40. The van der Waals surface area contributed by atoms with Gasteiger partial charge in [-0.3, -0.25) is 0 Å². The third-order valence-electron chi connectivity index (χ3n) is 4.75. The molecule has 4 rings (SSSR count). The van der Waals surface area contributed by atoms with E-state index in [9.17, 15) is 4.39 Å². The summed E-state index contributed by atoms with van der Waals surface area (Å²) in [6, 6.07) is 5.54. The standard InChI is InChI=1S/C17H21FN4/c18-14-6-7-15-13(10-14)2-1-3-16(15)19-8-9-22-11-20-21-17(22)12-4-5-12/h6-7,10-12,16,19H,1-5,8-9H2. The number of aromatic nitrogens is 3. The zero-order valence-electron chi connectivity index (χ0n) is 12.6. The Morgan fingerprint density at radius 2 is 2.18 bits per heavy atom. The van der Waals surface area contributed by atoms with Gasteiger partial charge in [-0.25, -0.2) is 4.39 Å². The summed E-state index contributed by atoms with van der Waals surface area (Å²) in [6.07, 6.45) is 7.55. The molecule has 0 spiro atoms. The number of halogens is 1. The zero-order chi connectivity index (χ0) is 14.9. The number of nitrogens with one attached hydrogen (secondary N) is 1. The maximum absolute atomic E-state index is 13.3. The third-order valence-corrected chi connectivity index (χ3v) is 4.75. The van der Waals surface area contributed by atoms with Crippen LogP contribution >= 0.6 is 0 Å². The lowest BCUT2D eigenvalue weighted by molar-refractivity contribution is 0.441. The highest BCUT2D eigenvalue weighted by molar-refractivity contribution is 5.32. The Morgan fingerprint density at radius 3 is 3.05 bits per heavy atom. The van der Waals surface area contributed by atoms with E-state index in [1.807, 2.05) is 12.4 Å². The molecule has 1 saturated carbocycles. The number of benzene rings is 1. The molecule has 1 aromatic heterocycles. The fourth-order valence-corrected chi connectivity index (χ4v) is 3.45. The van der Waals surface area contributed by atoms with E-state index in [0.717, 1.165) is 43.7 Å². The Hall–Kier alpha value is -1.75. The fraction of sp³-hybridized carbons (Fsp3) is 0.529. The van der Waals surface area contributed by atoms with Gasteiger partial charge < -0.3 is 9.88 Å². The number of aryl methyl sites for hydroxylation is 1. The highest BCUT2D eigenvalue weighted by Gasteiger charge is 2.28. The molecule has 1 N–H and O–H groups in total. The van der Waals surface area contributed by atoms with Gasteiger partial charge in [-0.1, -0.05) is 6.07 Å². The molecule has 0 amide bonds. The summed E-state index contributed by atoms with van der Waals surface area (Å²) in [5, 5.41) is 11.9. The number of fused-ring (bicyclic) bond motifs is 1. The van der Waals surface area contributed by atoms with Crippen molar-refractivity contribution in [1.82, 2.24) is 20.1 Å². The second-order valence-corrected chi connectivity index (χ2v) is 6.40. The maximum Gasteiger partial charge on any atom is 0.135 e. The molecular weight excluding hydrogens is 279 g/mol. The monoisotopic (exact) mass is 300 g/mol. The van der Waals surface area contributed by atoms with Gasteiger partial charge in [0.15, 0.2) is 0 Å². The molecule has 116 valence electrons. The van der Waals surface area contributed by atoms with Gasteiger partial charge in [-0.05, 0) is 55.4 Å². The number of hydrogen-bond donors (Lipinski definition) is 1. The normalized spacial score (nSPS) is 20.9. The smallest absolute Gasteiger partial charge is 0.135 e. The third kappa shape index (κ3) is 2.77. The molecular formula is C17H21FN4. The first-order chi connectivity index (χ1) is 10.8. The van der Waals surface area contributed by atoms with Gasteiger partial charge in [0, 0.05) is 25.0 Å². The number of nitrogens with zero attached hydrogens (tertiary/aromatic N) is 3. The van der Waals surface area contributed by atoms with Crippen LogP contribution in [0.1, 0.15) is 54.6 Å². The fourth-order valence-electron chi connectivity index (χ4n) is 3.45. The van der Waals surface area contributed by atoms with E-state index in [1.54, 1.807) is 12.1 Å². The Labute approximate surface area is 129 Å². The first-order valence-corrected chi connectivity index (χ1v) is 8.20. The number of hydrogen-bond acceptors (Lipinski definition) is 3. The Kier molecular flexibility index (Phi) is 3.66. The van der Waals surface area contributed by atoms with E-state index in [4.69, 9.17) is 0 Å². The lowest BCUT2D eigenvalue weighted by Crippen LogP contribution is -2.28. The minimum absolute atomic E-state index is 0.127. The van der Waals surface area contributed by atoms with E-state index < -0.39 is 0 Å². The van der Waals surface area contributed by atoms with Gasteiger partial charge in [0.25, 0.3) is 0 Å². The second kappa shape index (κ2) is 5.80. The van der Waals surface area contributed by atoms with Crippen LogP contribution in [-0.2, 0) is 13.0 Å². The highest BCUT2D eigenvalue weighted by atomic mass is 19.1. The summed E-state index contributed by atoms with van der Waals surface area (Å²) in [5.41, 5.74) is 2.42. The van der Waals surface area contributed by atoms with Gasteiger partial charge >= 0.3 is 0 Å². The maximum atomic E-state index is 13.3. The molecule has 1 fully saturated rings. The topological polar surface area (TPSA) is 42.7 Å². The molecule has 1 unspecified atom stereocenters. The zero-order valence-corrected chi connectivity index (χ0v) is 12.6. The summed E-state index contributed by atoms with van der Waals surface area (Å²) in [4.78, 5) is 0. The molecule has 0 aliphatic heterocycles. The SMILES string of the molecule is Fc1ccc2c(c1)CCCC2NCCn1cnnc1C1CC1. The van der Waals surface area contributed by atoms with Gasteiger partial charge in [-0.15, -0.1) is 10.2 Å². The first kappa shape index (κ1) is 13.9. The van der Waals surface area contributed by atoms with E-state index >= 15 is 0 Å². The molecule has 5 heteroatoms. The molecule has 0 radical (unpaired) electrons. The largest absolute Gasteiger partial charge is 0.316 e. The quantitative estimate of drug-likeness (QED) is 0.923. The molecule has 4 nitrogen and oxygen atoms in total. The molecule has 1 aromatic carbocycles. The van der Waals surface area contributed by atoms with Crippen LogP contribution in [0.5, 0.6) is 0 Å². The van der Waals surface area contributed by atoms with E-state index in [0.29, 0.717) is 12.0 Å². The molecule has 0 bridgehead atoms. The average molecular weight is 300 g/mol. The molecule has 1 atom stereocenters. The van der Waals surface area contributed by atoms with Crippen molar-refractivity contribution in [2.45, 2.75) is 50.6 Å². The van der Waals surface area contributed by atoms with Crippen molar-refractivity contribution in [2.24, 2.45) is 0 Å². The Balaban J connectivity index is 1.39. The van der Waals surface area contributed by atoms with Crippen molar-refractivity contribution in [2.75, 3.05) is 6.54 Å². The van der Waals surface area contributed by atoms with Gasteiger partial charge in [0.2, 0.25) is 0 Å². The summed E-state index contributed by atoms with van der Waals surface area (Å²) >= 11 is 0. The molecule has 0 saturated heterocycles. The van der Waals surface area contributed by atoms with Crippen molar-refractivity contribution in [3.05, 3.63) is 47.3 Å². The van der Waals surface area contributed by atoms with Crippen LogP contribution in [0.4, 0.5) is 4.39 Å². The van der Waals surface area contributed by atoms with Crippen LogP contribution in [0.15, 0.2) is 24.5 Å². The van der Waals surface area contributed by atoms with Crippen molar-refractivity contribution < 1.29 is 4.39 Å².